The quantitative estimate of drug-likeness (QED) is 0.687. The zero-order valence-corrected chi connectivity index (χ0v) is 9.23. The summed E-state index contributed by atoms with van der Waals surface area (Å²) in [5, 5.41) is 0. The van der Waals surface area contributed by atoms with Crippen LogP contribution in [0.25, 0.3) is 0 Å². The lowest BCUT2D eigenvalue weighted by Gasteiger charge is -2.23. The van der Waals surface area contributed by atoms with E-state index in [1.54, 1.807) is 0 Å². The molecule has 1 aliphatic rings. The average Bonchev–Trinajstić information content (AvgIpc) is 2.18. The zero-order valence-electron chi connectivity index (χ0n) is 7.64. The van der Waals surface area contributed by atoms with E-state index in [2.05, 4.69) is 15.8 Å². The lowest BCUT2D eigenvalue weighted by atomic mass is 9.73. The third-order valence-corrected chi connectivity index (χ3v) is 2.45. The van der Waals surface area contributed by atoms with Crippen LogP contribution >= 0.6 is 15.8 Å². The van der Waals surface area contributed by atoms with Crippen LogP contribution in [0.4, 0.5) is 0 Å². The Morgan fingerprint density at radius 3 is 2.79 bits per heavy atom. The van der Waals surface area contributed by atoms with Gasteiger partial charge in [-0.25, -0.2) is 0 Å². The van der Waals surface area contributed by atoms with E-state index in [1.165, 1.54) is 7.69 Å². The SMILES string of the molecule is Cc1ccccc1B1O[B]OB(Br)O1. The average molecular weight is 251 g/mol. The second-order valence-corrected chi connectivity index (χ2v) is 3.72. The Morgan fingerprint density at radius 1 is 1.29 bits per heavy atom. The fraction of sp³-hybridized carbons (Fsp3) is 0.143. The molecule has 0 unspecified atom stereocenters. The number of hydrogen-bond donors (Lipinski definition) is 0. The fourth-order valence-electron chi connectivity index (χ4n) is 1.29. The molecule has 1 radical (unpaired) electrons. The molecule has 14 heavy (non-hydrogen) atoms. The molecule has 0 saturated carbocycles. The topological polar surface area (TPSA) is 27.7 Å². The van der Waals surface area contributed by atoms with E-state index in [-0.39, 0.29) is 0 Å². The van der Waals surface area contributed by atoms with Crippen LogP contribution in [-0.2, 0) is 13.7 Å². The molecule has 0 spiro atoms. The predicted molar refractivity (Wildman–Crippen MR) is 60.3 cm³/mol. The van der Waals surface area contributed by atoms with Gasteiger partial charge in [0.15, 0.2) is 0 Å². The lowest BCUT2D eigenvalue weighted by molar-refractivity contribution is 0.329. The van der Waals surface area contributed by atoms with Crippen LogP contribution in [0.15, 0.2) is 24.3 Å². The number of hydrogen-bond acceptors (Lipinski definition) is 3. The Balaban J connectivity index is 2.18. The molecular formula is C7H7B3BrO3. The van der Waals surface area contributed by atoms with E-state index in [0.717, 1.165) is 11.0 Å². The van der Waals surface area contributed by atoms with E-state index in [0.29, 0.717) is 0 Å². The molecule has 1 fully saturated rings. The highest BCUT2D eigenvalue weighted by Crippen LogP contribution is 2.08. The molecule has 2 rings (SSSR count). The van der Waals surface area contributed by atoms with Crippen LogP contribution in [0, 0.1) is 6.92 Å². The maximum atomic E-state index is 5.39. The summed E-state index contributed by atoms with van der Waals surface area (Å²) in [6.07, 6.45) is 0. The Labute approximate surface area is 92.7 Å². The van der Waals surface area contributed by atoms with Crippen molar-refractivity contribution in [2.75, 3.05) is 0 Å². The van der Waals surface area contributed by atoms with Gasteiger partial charge in [0.2, 0.25) is 0 Å². The minimum absolute atomic E-state index is 0.394. The van der Waals surface area contributed by atoms with Gasteiger partial charge in [-0.05, 0) is 12.4 Å². The largest absolute Gasteiger partial charge is 0.511 e. The first kappa shape index (κ1) is 10.3. The molecule has 1 aromatic carbocycles. The van der Waals surface area contributed by atoms with Crippen LogP contribution < -0.4 is 5.46 Å². The Hall–Kier alpha value is -0.225. The van der Waals surface area contributed by atoms with Gasteiger partial charge < -0.3 is 13.7 Å². The van der Waals surface area contributed by atoms with Gasteiger partial charge in [-0.2, -0.15) is 0 Å². The van der Waals surface area contributed by atoms with E-state index in [4.69, 9.17) is 13.7 Å². The highest BCUT2D eigenvalue weighted by molar-refractivity contribution is 9.24. The molecule has 0 atom stereocenters. The minimum Gasteiger partial charge on any atom is -0.451 e. The number of rotatable bonds is 1. The summed E-state index contributed by atoms with van der Waals surface area (Å²) in [6.45, 7) is 2.01. The highest BCUT2D eigenvalue weighted by Gasteiger charge is 2.33. The van der Waals surface area contributed by atoms with E-state index >= 15 is 0 Å². The number of aryl methyl sites for hydroxylation is 1. The molecule has 69 valence electrons. The van der Waals surface area contributed by atoms with E-state index < -0.39 is 13.1 Å². The monoisotopic (exact) mass is 251 g/mol. The van der Waals surface area contributed by atoms with Crippen LogP contribution in [0.5, 0.6) is 0 Å². The van der Waals surface area contributed by atoms with Gasteiger partial charge >= 0.3 is 20.7 Å². The molecule has 0 amide bonds. The molecule has 1 aliphatic heterocycles. The molecule has 0 bridgehead atoms. The number of halogens is 1. The fourth-order valence-corrected chi connectivity index (χ4v) is 1.57. The van der Waals surface area contributed by atoms with Gasteiger partial charge in [0.1, 0.15) is 0 Å². The second-order valence-electron chi connectivity index (χ2n) is 2.97. The first-order chi connectivity index (χ1) is 6.77. The normalized spacial score (nSPS) is 16.7. The van der Waals surface area contributed by atoms with Gasteiger partial charge in [-0.3, -0.25) is 0 Å². The van der Waals surface area contributed by atoms with Gasteiger partial charge in [-0.1, -0.05) is 45.6 Å². The van der Waals surface area contributed by atoms with Crippen LogP contribution in [0.1, 0.15) is 5.56 Å². The van der Waals surface area contributed by atoms with Gasteiger partial charge in [-0.15, -0.1) is 0 Å². The van der Waals surface area contributed by atoms with Crippen LogP contribution in [0.3, 0.4) is 0 Å². The van der Waals surface area contributed by atoms with Crippen molar-refractivity contribution in [2.45, 2.75) is 6.92 Å². The Kier molecular flexibility index (Phi) is 3.33. The van der Waals surface area contributed by atoms with Crippen molar-refractivity contribution in [3.8, 4) is 0 Å². The molecule has 1 heterocycles. The van der Waals surface area contributed by atoms with Crippen molar-refractivity contribution in [2.24, 2.45) is 0 Å². The van der Waals surface area contributed by atoms with Crippen molar-refractivity contribution < 1.29 is 13.7 Å². The summed E-state index contributed by atoms with van der Waals surface area (Å²) in [7, 11) is 0.898. The summed E-state index contributed by atoms with van der Waals surface area (Å²) < 4.78 is 15.5. The molecule has 1 aromatic rings. The maximum Gasteiger partial charge on any atom is 0.511 e. The first-order valence-electron chi connectivity index (χ1n) is 4.25. The Bertz CT molecular complexity index is 325. The summed E-state index contributed by atoms with van der Waals surface area (Å²) >= 11 is 3.19. The van der Waals surface area contributed by atoms with E-state index in [9.17, 15) is 0 Å². The molecular weight excluding hydrogens is 244 g/mol. The first-order valence-corrected chi connectivity index (χ1v) is 5.16. The van der Waals surface area contributed by atoms with E-state index in [1.807, 2.05) is 31.2 Å². The molecule has 0 N–H and O–H groups in total. The smallest absolute Gasteiger partial charge is 0.451 e. The van der Waals surface area contributed by atoms with Crippen molar-refractivity contribution in [1.82, 2.24) is 0 Å². The Morgan fingerprint density at radius 2 is 2.07 bits per heavy atom. The van der Waals surface area contributed by atoms with Crippen molar-refractivity contribution in [3.63, 3.8) is 0 Å². The third-order valence-electron chi connectivity index (χ3n) is 2.01. The van der Waals surface area contributed by atoms with Crippen LogP contribution in [-0.4, -0.2) is 20.7 Å². The summed E-state index contributed by atoms with van der Waals surface area (Å²) in [5.41, 5.74) is 2.14. The van der Waals surface area contributed by atoms with Crippen molar-refractivity contribution in [1.29, 1.82) is 0 Å². The van der Waals surface area contributed by atoms with Crippen molar-refractivity contribution >= 4 is 42.0 Å². The predicted octanol–water partition coefficient (Wildman–Crippen LogP) is 0.668. The van der Waals surface area contributed by atoms with Gasteiger partial charge in [0.05, 0.1) is 0 Å². The molecule has 3 nitrogen and oxygen atoms in total. The second kappa shape index (κ2) is 4.53. The minimum atomic E-state index is -0.444. The zero-order chi connectivity index (χ0) is 9.97. The standard InChI is InChI=1S/C7H7B3BrO3/c1-6-4-2-3-5-7(6)9-12-8-13-10(11)14-9/h2-5H,1H3. The number of benzene rings is 1. The molecule has 7 heteroatoms. The van der Waals surface area contributed by atoms with Crippen LogP contribution in [0.2, 0.25) is 0 Å². The molecule has 1 saturated heterocycles. The highest BCUT2D eigenvalue weighted by atomic mass is 79.9. The summed E-state index contributed by atoms with van der Waals surface area (Å²) in [4.78, 5) is 0. The summed E-state index contributed by atoms with van der Waals surface area (Å²) in [5.74, 6) is -0.444. The third kappa shape index (κ3) is 2.23. The van der Waals surface area contributed by atoms with Gasteiger partial charge in [0.25, 0.3) is 0 Å². The lowest BCUT2D eigenvalue weighted by Crippen LogP contribution is -2.48. The van der Waals surface area contributed by atoms with Crippen molar-refractivity contribution in [3.05, 3.63) is 29.8 Å². The summed E-state index contributed by atoms with van der Waals surface area (Å²) in [6, 6.07) is 7.92. The molecule has 0 aromatic heterocycles. The molecule has 0 aliphatic carbocycles. The van der Waals surface area contributed by atoms with Gasteiger partial charge in [0, 0.05) is 0 Å². The maximum absolute atomic E-state index is 5.39.